The van der Waals surface area contributed by atoms with E-state index in [9.17, 15) is 26.3 Å². The zero-order valence-corrected chi connectivity index (χ0v) is 26.9. The van der Waals surface area contributed by atoms with Gasteiger partial charge in [-0.05, 0) is 62.8 Å². The van der Waals surface area contributed by atoms with Crippen LogP contribution in [0.5, 0.6) is 11.5 Å². The molecule has 0 saturated heterocycles. The Morgan fingerprint density at radius 3 is 1.25 bits per heavy atom. The minimum Gasteiger partial charge on any atom is -0.492 e. The van der Waals surface area contributed by atoms with Gasteiger partial charge in [-0.3, -0.25) is 0 Å². The van der Waals surface area contributed by atoms with Crippen LogP contribution in [0.4, 0.5) is 26.3 Å². The molecule has 0 spiro atoms. The van der Waals surface area contributed by atoms with Crippen molar-refractivity contribution in [2.75, 3.05) is 24.7 Å². The highest BCUT2D eigenvalue weighted by atomic mass is 35.5. The molecule has 0 bridgehead atoms. The first kappa shape index (κ1) is 36.4. The molecule has 0 atom stereocenters. The summed E-state index contributed by atoms with van der Waals surface area (Å²) >= 11 is 25.1. The second kappa shape index (κ2) is 18.1. The molecule has 0 aliphatic carbocycles. The van der Waals surface area contributed by atoms with Crippen molar-refractivity contribution in [1.82, 2.24) is 0 Å². The molecule has 16 heteroatoms. The number of hydrogen-bond donors (Lipinski definition) is 0. The average Bonchev–Trinajstić information content (AvgIpc) is 2.83. The molecule has 2 rings (SSSR count). The maximum absolute atomic E-state index is 12.2. The number of unbranched alkanes of at least 4 members (excludes halogenated alkanes) is 4. The van der Waals surface area contributed by atoms with Crippen molar-refractivity contribution in [2.24, 2.45) is 0 Å². The van der Waals surface area contributed by atoms with Crippen molar-refractivity contribution in [3.05, 3.63) is 44.4 Å². The molecule has 0 radical (unpaired) electrons. The molecule has 0 aromatic heterocycles. The van der Waals surface area contributed by atoms with Crippen LogP contribution in [0.15, 0.2) is 34.1 Å². The maximum atomic E-state index is 12.2. The van der Waals surface area contributed by atoms with Gasteiger partial charge in [0.25, 0.3) is 0 Å². The third-order valence-electron chi connectivity index (χ3n) is 4.82. The SMILES string of the molecule is FC(F)(F)SCCCCCOc1cc(SSc2cc(OCCCCCSC(F)(F)F)c(Cl)cc2Cl)c(Cl)cc1Cl. The van der Waals surface area contributed by atoms with Crippen molar-refractivity contribution in [1.29, 1.82) is 0 Å². The Balaban J connectivity index is 1.86. The third-order valence-corrected chi connectivity index (χ3v) is 10.3. The Morgan fingerprint density at radius 2 is 0.900 bits per heavy atom. The number of halogens is 10. The van der Waals surface area contributed by atoms with E-state index in [1.807, 2.05) is 0 Å². The molecule has 0 aliphatic heterocycles. The molecule has 0 N–H and O–H groups in total. The maximum Gasteiger partial charge on any atom is 0.441 e. The third kappa shape index (κ3) is 15.1. The fourth-order valence-electron chi connectivity index (χ4n) is 2.96. The van der Waals surface area contributed by atoms with Crippen molar-refractivity contribution < 1.29 is 35.8 Å². The van der Waals surface area contributed by atoms with Gasteiger partial charge in [0.05, 0.1) is 33.3 Å². The van der Waals surface area contributed by atoms with Gasteiger partial charge in [0.1, 0.15) is 11.5 Å². The summed E-state index contributed by atoms with van der Waals surface area (Å²) < 4.78 is 84.6. The van der Waals surface area contributed by atoms with Gasteiger partial charge in [-0.1, -0.05) is 91.5 Å². The fourth-order valence-corrected chi connectivity index (χ4v) is 7.64. The normalized spacial score (nSPS) is 12.2. The van der Waals surface area contributed by atoms with Crippen LogP contribution in [0.2, 0.25) is 20.1 Å². The van der Waals surface area contributed by atoms with Crippen LogP contribution in [0.25, 0.3) is 0 Å². The monoisotopic (exact) mass is 726 g/mol. The Bertz CT molecular complexity index is 994. The van der Waals surface area contributed by atoms with Gasteiger partial charge in [0.15, 0.2) is 0 Å². The van der Waals surface area contributed by atoms with E-state index in [1.54, 1.807) is 24.3 Å². The van der Waals surface area contributed by atoms with Crippen LogP contribution in [-0.4, -0.2) is 35.7 Å². The van der Waals surface area contributed by atoms with Crippen molar-refractivity contribution in [3.63, 3.8) is 0 Å². The lowest BCUT2D eigenvalue weighted by atomic mass is 10.2. The number of benzene rings is 2. The highest BCUT2D eigenvalue weighted by Gasteiger charge is 2.27. The van der Waals surface area contributed by atoms with Gasteiger partial charge >= 0.3 is 11.0 Å². The summed E-state index contributed by atoms with van der Waals surface area (Å²) in [6.45, 7) is 0.584. The van der Waals surface area contributed by atoms with Gasteiger partial charge in [-0.25, -0.2) is 0 Å². The molecule has 0 unspecified atom stereocenters. The molecule has 0 fully saturated rings. The van der Waals surface area contributed by atoms with E-state index in [0.717, 1.165) is 0 Å². The lowest BCUT2D eigenvalue weighted by Crippen LogP contribution is -2.02. The summed E-state index contributed by atoms with van der Waals surface area (Å²) in [5, 5.41) is 1.40. The largest absolute Gasteiger partial charge is 0.492 e. The molecular weight excluding hydrogens is 704 g/mol. The lowest BCUT2D eigenvalue weighted by molar-refractivity contribution is -0.0336. The van der Waals surface area contributed by atoms with Crippen molar-refractivity contribution in [3.8, 4) is 11.5 Å². The van der Waals surface area contributed by atoms with Crippen LogP contribution in [0, 0.1) is 0 Å². The Morgan fingerprint density at radius 1 is 0.525 bits per heavy atom. The molecule has 0 amide bonds. The predicted octanol–water partition coefficient (Wildman–Crippen LogP) is 12.7. The van der Waals surface area contributed by atoms with Crippen LogP contribution in [-0.2, 0) is 0 Å². The summed E-state index contributed by atoms with van der Waals surface area (Å²) in [4.78, 5) is 1.30. The van der Waals surface area contributed by atoms with Crippen LogP contribution in [0.3, 0.4) is 0 Å². The number of hydrogen-bond acceptors (Lipinski definition) is 6. The van der Waals surface area contributed by atoms with E-state index >= 15 is 0 Å². The van der Waals surface area contributed by atoms with E-state index in [1.165, 1.54) is 21.6 Å². The van der Waals surface area contributed by atoms with Crippen molar-refractivity contribution >= 4 is 91.5 Å². The summed E-state index contributed by atoms with van der Waals surface area (Å²) in [6.07, 6.45) is 3.17. The van der Waals surface area contributed by atoms with Crippen LogP contribution < -0.4 is 9.47 Å². The van der Waals surface area contributed by atoms with Crippen molar-refractivity contribution in [2.45, 2.75) is 59.3 Å². The Hall–Kier alpha value is 0.180. The second-order valence-corrected chi connectivity index (χ2v) is 14.2. The van der Waals surface area contributed by atoms with E-state index < -0.39 is 11.0 Å². The minimum atomic E-state index is -4.21. The van der Waals surface area contributed by atoms with Gasteiger partial charge < -0.3 is 9.47 Å². The molecule has 0 heterocycles. The average molecular weight is 729 g/mol. The van der Waals surface area contributed by atoms with Gasteiger partial charge in [-0.2, -0.15) is 26.3 Å². The Labute approximate surface area is 265 Å². The zero-order chi connectivity index (χ0) is 29.8. The molecule has 226 valence electrons. The first-order valence-corrected chi connectivity index (χ1v) is 17.4. The minimum absolute atomic E-state index is 0.00776. The highest BCUT2D eigenvalue weighted by Crippen LogP contribution is 2.47. The number of ether oxygens (including phenoxy) is 2. The summed E-state index contributed by atoms with van der Waals surface area (Å²) in [5.74, 6) is 0.819. The zero-order valence-electron chi connectivity index (χ0n) is 20.6. The smallest absolute Gasteiger partial charge is 0.441 e. The van der Waals surface area contributed by atoms with E-state index in [4.69, 9.17) is 55.9 Å². The van der Waals surface area contributed by atoms with Gasteiger partial charge in [-0.15, -0.1) is 0 Å². The highest BCUT2D eigenvalue weighted by molar-refractivity contribution is 8.76. The number of thioether (sulfide) groups is 2. The standard InChI is InChI=1S/C24H24Cl4F6O2S4/c25-15-11-17(27)21(13-19(15)35-7-3-1-5-9-37-23(29,30)31)39-40-22-14-20(16(26)12-18(22)28)36-8-4-2-6-10-38-24(32,33)34/h11-14H,1-10H2. The summed E-state index contributed by atoms with van der Waals surface area (Å²) in [7, 11) is 2.61. The summed E-state index contributed by atoms with van der Waals surface area (Å²) in [5.41, 5.74) is -8.43. The fraction of sp³-hybridized carbons (Fsp3) is 0.500. The topological polar surface area (TPSA) is 18.5 Å². The van der Waals surface area contributed by atoms with E-state index in [2.05, 4.69) is 0 Å². The van der Waals surface area contributed by atoms with Gasteiger partial charge in [0, 0.05) is 21.3 Å². The van der Waals surface area contributed by atoms with Crippen LogP contribution >= 0.6 is 91.5 Å². The molecule has 2 aromatic carbocycles. The first-order chi connectivity index (χ1) is 18.7. The summed E-state index contributed by atoms with van der Waals surface area (Å²) in [6, 6.07) is 6.46. The molecule has 2 nitrogen and oxygen atoms in total. The molecular formula is C24H24Cl4F6O2S4. The Kier molecular flexibility index (Phi) is 16.5. The van der Waals surface area contributed by atoms with Crippen LogP contribution in [0.1, 0.15) is 38.5 Å². The number of rotatable bonds is 17. The van der Waals surface area contributed by atoms with Gasteiger partial charge in [0.2, 0.25) is 0 Å². The molecule has 0 aliphatic rings. The molecule has 0 saturated carbocycles. The molecule has 2 aromatic rings. The first-order valence-electron chi connectivity index (χ1n) is 11.7. The predicted molar refractivity (Wildman–Crippen MR) is 160 cm³/mol. The second-order valence-electron chi connectivity index (χ2n) is 8.00. The molecule has 40 heavy (non-hydrogen) atoms. The van der Waals surface area contributed by atoms with E-state index in [0.29, 0.717) is 93.1 Å². The number of alkyl halides is 6. The quantitative estimate of drug-likeness (QED) is 0.0911. The van der Waals surface area contributed by atoms with E-state index in [-0.39, 0.29) is 35.0 Å². The lowest BCUT2D eigenvalue weighted by Gasteiger charge is -2.13.